The molecule has 1 fully saturated rings. The van der Waals surface area contributed by atoms with Gasteiger partial charge in [-0.2, -0.15) is 0 Å². The van der Waals surface area contributed by atoms with E-state index in [2.05, 4.69) is 5.32 Å². The maximum Gasteiger partial charge on any atom is 0.246 e. The fourth-order valence-electron chi connectivity index (χ4n) is 2.09. The molecule has 1 aliphatic rings. The molecular formula is C12H24N2O2. The predicted molar refractivity (Wildman–Crippen MR) is 64.0 cm³/mol. The first kappa shape index (κ1) is 13.5. The van der Waals surface area contributed by atoms with Crippen LogP contribution in [0.1, 0.15) is 39.5 Å². The Bertz CT molecular complexity index is 221. The number of nitrogens with two attached hydrogens (primary N) is 1. The molecule has 1 amide bonds. The van der Waals surface area contributed by atoms with Gasteiger partial charge in [0.15, 0.2) is 0 Å². The van der Waals surface area contributed by atoms with E-state index in [1.807, 2.05) is 13.8 Å². The Morgan fingerprint density at radius 1 is 1.56 bits per heavy atom. The summed E-state index contributed by atoms with van der Waals surface area (Å²) in [5.41, 5.74) is 5.65. The zero-order valence-corrected chi connectivity index (χ0v) is 10.4. The van der Waals surface area contributed by atoms with Crippen LogP contribution in [0.4, 0.5) is 0 Å². The average molecular weight is 228 g/mol. The molecule has 1 saturated carbocycles. The van der Waals surface area contributed by atoms with Crippen molar-refractivity contribution in [3.05, 3.63) is 0 Å². The number of rotatable bonds is 6. The number of hydrogen-bond acceptors (Lipinski definition) is 3. The van der Waals surface area contributed by atoms with E-state index in [1.54, 1.807) is 0 Å². The molecule has 1 rings (SSSR count). The van der Waals surface area contributed by atoms with Crippen molar-refractivity contribution in [3.63, 3.8) is 0 Å². The lowest BCUT2D eigenvalue weighted by Gasteiger charge is -2.19. The third-order valence-electron chi connectivity index (χ3n) is 3.34. The molecule has 0 aromatic carbocycles. The molecule has 0 bridgehead atoms. The van der Waals surface area contributed by atoms with Crippen molar-refractivity contribution in [2.75, 3.05) is 13.2 Å². The van der Waals surface area contributed by atoms with Gasteiger partial charge in [0.25, 0.3) is 0 Å². The van der Waals surface area contributed by atoms with Gasteiger partial charge >= 0.3 is 0 Å². The Morgan fingerprint density at radius 3 is 2.94 bits per heavy atom. The first-order valence-corrected chi connectivity index (χ1v) is 6.28. The Kier molecular flexibility index (Phi) is 5.77. The number of hydrogen-bond donors (Lipinski definition) is 2. The molecule has 0 saturated heterocycles. The Labute approximate surface area is 97.9 Å². The molecule has 3 unspecified atom stereocenters. The van der Waals surface area contributed by atoms with Crippen LogP contribution in [0.2, 0.25) is 0 Å². The van der Waals surface area contributed by atoms with Crippen molar-refractivity contribution in [3.8, 4) is 0 Å². The largest absolute Gasteiger partial charge is 0.368 e. The molecule has 0 radical (unpaired) electrons. The minimum absolute atomic E-state index is 0.0166. The van der Waals surface area contributed by atoms with Gasteiger partial charge in [-0.25, -0.2) is 0 Å². The number of carbonyl (C=O) groups is 1. The topological polar surface area (TPSA) is 64.3 Å². The van der Waals surface area contributed by atoms with E-state index < -0.39 is 0 Å². The van der Waals surface area contributed by atoms with Crippen LogP contribution in [0, 0.1) is 5.92 Å². The van der Waals surface area contributed by atoms with Gasteiger partial charge in [-0.05, 0) is 38.6 Å². The van der Waals surface area contributed by atoms with Crippen molar-refractivity contribution in [2.24, 2.45) is 11.7 Å². The fraction of sp³-hybridized carbons (Fsp3) is 0.917. The third kappa shape index (κ3) is 4.10. The van der Waals surface area contributed by atoms with Gasteiger partial charge in [0.1, 0.15) is 6.61 Å². The summed E-state index contributed by atoms with van der Waals surface area (Å²) < 4.78 is 5.62. The lowest BCUT2D eigenvalue weighted by atomic mass is 10.1. The summed E-state index contributed by atoms with van der Waals surface area (Å²) in [6.45, 7) is 4.88. The molecule has 4 heteroatoms. The van der Waals surface area contributed by atoms with E-state index in [-0.39, 0.29) is 24.7 Å². The van der Waals surface area contributed by atoms with E-state index in [0.29, 0.717) is 12.5 Å². The molecule has 0 heterocycles. The van der Waals surface area contributed by atoms with Crippen LogP contribution in [-0.4, -0.2) is 31.2 Å². The molecule has 94 valence electrons. The standard InChI is InChI=1S/C12H24N2O2/c1-3-9(2)14-12(15)8-16-11-6-4-5-10(11)7-13/h9-11H,3-8,13H2,1-2H3,(H,14,15). The second kappa shape index (κ2) is 6.86. The van der Waals surface area contributed by atoms with Crippen LogP contribution >= 0.6 is 0 Å². The van der Waals surface area contributed by atoms with Gasteiger partial charge in [0, 0.05) is 6.04 Å². The lowest BCUT2D eigenvalue weighted by molar-refractivity contribution is -0.129. The summed E-state index contributed by atoms with van der Waals surface area (Å²) in [6, 6.07) is 0.227. The smallest absolute Gasteiger partial charge is 0.246 e. The molecule has 4 nitrogen and oxygen atoms in total. The van der Waals surface area contributed by atoms with Crippen molar-refractivity contribution >= 4 is 5.91 Å². The zero-order chi connectivity index (χ0) is 12.0. The van der Waals surface area contributed by atoms with Gasteiger partial charge in [0.2, 0.25) is 5.91 Å². The summed E-state index contributed by atoms with van der Waals surface area (Å²) >= 11 is 0. The number of nitrogens with one attached hydrogen (secondary N) is 1. The second-order valence-corrected chi connectivity index (χ2v) is 4.65. The zero-order valence-electron chi connectivity index (χ0n) is 10.4. The maximum absolute atomic E-state index is 11.5. The van der Waals surface area contributed by atoms with Gasteiger partial charge in [-0.3, -0.25) is 4.79 Å². The van der Waals surface area contributed by atoms with Crippen LogP contribution < -0.4 is 11.1 Å². The summed E-state index contributed by atoms with van der Waals surface area (Å²) in [6.07, 6.45) is 4.47. The molecule has 0 spiro atoms. The van der Waals surface area contributed by atoms with Gasteiger partial charge in [-0.15, -0.1) is 0 Å². The highest BCUT2D eigenvalue weighted by atomic mass is 16.5. The highest BCUT2D eigenvalue weighted by Crippen LogP contribution is 2.27. The van der Waals surface area contributed by atoms with Crippen LogP contribution in [0.3, 0.4) is 0 Å². The highest BCUT2D eigenvalue weighted by Gasteiger charge is 2.27. The van der Waals surface area contributed by atoms with E-state index in [4.69, 9.17) is 10.5 Å². The van der Waals surface area contributed by atoms with Gasteiger partial charge in [-0.1, -0.05) is 13.3 Å². The SMILES string of the molecule is CCC(C)NC(=O)COC1CCCC1CN. The monoisotopic (exact) mass is 228 g/mol. The van der Waals surface area contributed by atoms with Gasteiger partial charge < -0.3 is 15.8 Å². The molecule has 0 aliphatic heterocycles. The Morgan fingerprint density at radius 2 is 2.31 bits per heavy atom. The van der Waals surface area contributed by atoms with E-state index in [1.165, 1.54) is 6.42 Å². The van der Waals surface area contributed by atoms with Crippen LogP contribution in [0.5, 0.6) is 0 Å². The molecule has 16 heavy (non-hydrogen) atoms. The van der Waals surface area contributed by atoms with Crippen molar-refractivity contribution in [1.82, 2.24) is 5.32 Å². The quantitative estimate of drug-likeness (QED) is 0.714. The normalized spacial score (nSPS) is 26.7. The minimum atomic E-state index is -0.0166. The minimum Gasteiger partial charge on any atom is -0.368 e. The lowest BCUT2D eigenvalue weighted by Crippen LogP contribution is -2.37. The number of carbonyl (C=O) groups excluding carboxylic acids is 1. The summed E-state index contributed by atoms with van der Waals surface area (Å²) in [4.78, 5) is 11.5. The van der Waals surface area contributed by atoms with E-state index in [9.17, 15) is 4.79 Å². The van der Waals surface area contributed by atoms with Crippen LogP contribution in [-0.2, 0) is 9.53 Å². The fourth-order valence-corrected chi connectivity index (χ4v) is 2.09. The Hall–Kier alpha value is -0.610. The molecular weight excluding hydrogens is 204 g/mol. The second-order valence-electron chi connectivity index (χ2n) is 4.65. The van der Waals surface area contributed by atoms with Crippen molar-refractivity contribution < 1.29 is 9.53 Å². The first-order valence-electron chi connectivity index (χ1n) is 6.28. The molecule has 3 N–H and O–H groups in total. The molecule has 3 atom stereocenters. The average Bonchev–Trinajstić information content (AvgIpc) is 2.73. The summed E-state index contributed by atoms with van der Waals surface area (Å²) in [5.74, 6) is 0.424. The molecule has 1 aliphatic carbocycles. The molecule has 0 aromatic rings. The number of amides is 1. The van der Waals surface area contributed by atoms with Crippen LogP contribution in [0.25, 0.3) is 0 Å². The van der Waals surface area contributed by atoms with Crippen molar-refractivity contribution in [2.45, 2.75) is 51.7 Å². The third-order valence-corrected chi connectivity index (χ3v) is 3.34. The molecule has 0 aromatic heterocycles. The van der Waals surface area contributed by atoms with Crippen LogP contribution in [0.15, 0.2) is 0 Å². The Balaban J connectivity index is 2.20. The highest BCUT2D eigenvalue weighted by molar-refractivity contribution is 5.77. The first-order chi connectivity index (χ1) is 7.67. The van der Waals surface area contributed by atoms with E-state index >= 15 is 0 Å². The van der Waals surface area contributed by atoms with Gasteiger partial charge in [0.05, 0.1) is 6.10 Å². The summed E-state index contributed by atoms with van der Waals surface area (Å²) in [7, 11) is 0. The summed E-state index contributed by atoms with van der Waals surface area (Å²) in [5, 5.41) is 2.89. The maximum atomic E-state index is 11.5. The number of ether oxygens (including phenoxy) is 1. The predicted octanol–water partition coefficient (Wildman–Crippen LogP) is 1.05. The van der Waals surface area contributed by atoms with E-state index in [0.717, 1.165) is 19.3 Å². The van der Waals surface area contributed by atoms with Crippen molar-refractivity contribution in [1.29, 1.82) is 0 Å².